The van der Waals surface area contributed by atoms with Gasteiger partial charge >= 0.3 is 0 Å². The van der Waals surface area contributed by atoms with Crippen LogP contribution in [0.1, 0.15) is 0 Å². The summed E-state index contributed by atoms with van der Waals surface area (Å²) in [6.07, 6.45) is 0. The first-order chi connectivity index (χ1) is 8.21. The highest BCUT2D eigenvalue weighted by Crippen LogP contribution is 2.31. The molecule has 2 aromatic rings. The van der Waals surface area contributed by atoms with Gasteiger partial charge in [-0.15, -0.1) is 0 Å². The smallest absolute Gasteiger partial charge is 0.178 e. The van der Waals surface area contributed by atoms with E-state index in [1.165, 1.54) is 0 Å². The summed E-state index contributed by atoms with van der Waals surface area (Å²) in [4.78, 5) is 3.01. The number of imidazole rings is 1. The second kappa shape index (κ2) is 4.75. The lowest BCUT2D eigenvalue weighted by Crippen LogP contribution is -1.99. The van der Waals surface area contributed by atoms with Crippen molar-refractivity contribution in [3.63, 3.8) is 0 Å². The molecule has 0 aliphatic heterocycles. The molecule has 92 valence electrons. The molecule has 0 radical (unpaired) electrons. The lowest BCUT2D eigenvalue weighted by Gasteiger charge is -2.08. The Labute approximate surface area is 103 Å². The molecule has 0 atom stereocenters. The summed E-state index contributed by atoms with van der Waals surface area (Å²) in [5.74, 6) is 1.21. The van der Waals surface area contributed by atoms with Crippen molar-refractivity contribution in [1.82, 2.24) is 9.55 Å². The number of hydrogen-bond acceptors (Lipinski definition) is 3. The third-order valence-electron chi connectivity index (χ3n) is 2.59. The summed E-state index contributed by atoms with van der Waals surface area (Å²) in [6.45, 7) is -0.232. The van der Waals surface area contributed by atoms with Crippen LogP contribution in [0, 0.1) is 4.77 Å². The van der Waals surface area contributed by atoms with Crippen molar-refractivity contribution in [1.29, 1.82) is 0 Å². The van der Waals surface area contributed by atoms with Crippen LogP contribution < -0.4 is 9.47 Å². The number of nitrogens with zero attached hydrogens (tertiary/aromatic N) is 1. The molecule has 0 saturated carbocycles. The molecule has 0 aliphatic carbocycles. The maximum absolute atomic E-state index is 12.5. The average molecular weight is 256 g/mol. The molecule has 1 aromatic carbocycles. The van der Waals surface area contributed by atoms with Crippen LogP contribution in [0.5, 0.6) is 11.5 Å². The lowest BCUT2D eigenvalue weighted by molar-refractivity contribution is 0.355. The summed E-state index contributed by atoms with van der Waals surface area (Å²) < 4.78 is 25.0. The van der Waals surface area contributed by atoms with Crippen molar-refractivity contribution in [3.05, 3.63) is 16.9 Å². The maximum Gasteiger partial charge on any atom is 0.178 e. The number of ether oxygens (including phenoxy) is 2. The Kier molecular flexibility index (Phi) is 3.33. The zero-order valence-corrected chi connectivity index (χ0v) is 10.4. The molecule has 1 N–H and O–H groups in total. The van der Waals surface area contributed by atoms with E-state index in [4.69, 9.17) is 21.7 Å². The van der Waals surface area contributed by atoms with Crippen LogP contribution >= 0.6 is 12.2 Å². The van der Waals surface area contributed by atoms with E-state index < -0.39 is 6.67 Å². The monoisotopic (exact) mass is 256 g/mol. The zero-order valence-electron chi connectivity index (χ0n) is 9.62. The number of hydrogen-bond donors (Lipinski definition) is 1. The number of methoxy groups -OCH3 is 2. The van der Waals surface area contributed by atoms with Crippen molar-refractivity contribution in [2.24, 2.45) is 0 Å². The Morgan fingerprint density at radius 2 is 1.94 bits per heavy atom. The first-order valence-electron chi connectivity index (χ1n) is 5.11. The van der Waals surface area contributed by atoms with E-state index in [1.54, 1.807) is 30.9 Å². The minimum atomic E-state index is -0.463. The highest BCUT2D eigenvalue weighted by Gasteiger charge is 2.10. The predicted octanol–water partition coefficient (Wildman–Crippen LogP) is 2.69. The summed E-state index contributed by atoms with van der Waals surface area (Å²) in [5.41, 5.74) is 1.62. The van der Waals surface area contributed by atoms with Gasteiger partial charge in [-0.25, -0.2) is 4.39 Å². The molecule has 0 bridgehead atoms. The van der Waals surface area contributed by atoms with Gasteiger partial charge in [0.25, 0.3) is 0 Å². The number of H-pyrrole nitrogens is 1. The zero-order chi connectivity index (χ0) is 12.4. The van der Waals surface area contributed by atoms with Crippen LogP contribution in [-0.4, -0.2) is 30.4 Å². The van der Waals surface area contributed by atoms with Crippen molar-refractivity contribution >= 4 is 23.3 Å². The second-order valence-electron chi connectivity index (χ2n) is 3.50. The van der Waals surface area contributed by atoms with Crippen LogP contribution in [0.15, 0.2) is 12.1 Å². The minimum Gasteiger partial charge on any atom is -0.493 e. The molecule has 0 unspecified atom stereocenters. The minimum absolute atomic E-state index is 0.230. The number of nitrogens with one attached hydrogen (secondary N) is 1. The van der Waals surface area contributed by atoms with E-state index in [1.807, 2.05) is 0 Å². The highest BCUT2D eigenvalue weighted by molar-refractivity contribution is 7.71. The Morgan fingerprint density at radius 1 is 1.29 bits per heavy atom. The summed E-state index contributed by atoms with van der Waals surface area (Å²) in [7, 11) is 3.13. The van der Waals surface area contributed by atoms with Gasteiger partial charge in [0.15, 0.2) is 16.3 Å². The molecule has 0 amide bonds. The Morgan fingerprint density at radius 3 is 2.53 bits per heavy atom. The molecule has 1 heterocycles. The molecule has 0 spiro atoms. The molecule has 0 saturated heterocycles. The number of aromatic amines is 1. The van der Waals surface area contributed by atoms with Crippen LogP contribution in [-0.2, 0) is 6.54 Å². The van der Waals surface area contributed by atoms with Crippen molar-refractivity contribution in [2.75, 3.05) is 20.9 Å². The first-order valence-corrected chi connectivity index (χ1v) is 5.52. The predicted molar refractivity (Wildman–Crippen MR) is 66.2 cm³/mol. The third kappa shape index (κ3) is 2.00. The number of benzene rings is 1. The third-order valence-corrected chi connectivity index (χ3v) is 2.91. The summed E-state index contributed by atoms with van der Waals surface area (Å²) >= 11 is 5.14. The van der Waals surface area contributed by atoms with E-state index in [0.29, 0.717) is 16.3 Å². The van der Waals surface area contributed by atoms with Crippen molar-refractivity contribution < 1.29 is 13.9 Å². The van der Waals surface area contributed by atoms with Gasteiger partial charge in [0.1, 0.15) is 6.67 Å². The van der Waals surface area contributed by atoms with Gasteiger partial charge in [-0.3, -0.25) is 0 Å². The summed E-state index contributed by atoms with van der Waals surface area (Å²) in [6, 6.07) is 3.58. The Bertz CT molecular complexity index is 591. The molecule has 0 fully saturated rings. The topological polar surface area (TPSA) is 39.2 Å². The van der Waals surface area contributed by atoms with E-state index >= 15 is 0 Å². The molecule has 2 rings (SSSR count). The number of aryl methyl sites for hydroxylation is 1. The number of rotatable bonds is 4. The van der Waals surface area contributed by atoms with Crippen LogP contribution in [0.4, 0.5) is 4.39 Å². The molecule has 17 heavy (non-hydrogen) atoms. The average Bonchev–Trinajstić information content (AvgIpc) is 2.64. The molecule has 1 aromatic heterocycles. The van der Waals surface area contributed by atoms with E-state index in [-0.39, 0.29) is 6.54 Å². The van der Waals surface area contributed by atoms with Gasteiger partial charge in [0.2, 0.25) is 0 Å². The highest BCUT2D eigenvalue weighted by atomic mass is 32.1. The van der Waals surface area contributed by atoms with E-state index in [9.17, 15) is 4.39 Å². The van der Waals surface area contributed by atoms with Crippen LogP contribution in [0.3, 0.4) is 0 Å². The fourth-order valence-corrected chi connectivity index (χ4v) is 2.09. The standard InChI is InChI=1S/C11H13FN2O2S/c1-15-9-5-7-8(6-10(9)16-2)14(4-3-12)11(17)13-7/h5-6H,3-4H2,1-2H3,(H,13,17). The van der Waals surface area contributed by atoms with Gasteiger partial charge in [-0.2, -0.15) is 0 Å². The van der Waals surface area contributed by atoms with Gasteiger partial charge < -0.3 is 19.0 Å². The summed E-state index contributed by atoms with van der Waals surface area (Å²) in [5, 5.41) is 0. The van der Waals surface area contributed by atoms with Crippen LogP contribution in [0.25, 0.3) is 11.0 Å². The Balaban J connectivity index is 2.70. The fourth-order valence-electron chi connectivity index (χ4n) is 1.79. The second-order valence-corrected chi connectivity index (χ2v) is 3.88. The molecular formula is C11H13FN2O2S. The number of halogens is 1. The maximum atomic E-state index is 12.5. The van der Waals surface area contributed by atoms with E-state index in [0.717, 1.165) is 11.0 Å². The SMILES string of the molecule is COc1cc2[nH]c(=S)n(CCF)c2cc1OC. The Hall–Kier alpha value is -1.56. The lowest BCUT2D eigenvalue weighted by atomic mass is 10.2. The first kappa shape index (κ1) is 11.9. The molecule has 4 nitrogen and oxygen atoms in total. The van der Waals surface area contributed by atoms with Crippen molar-refractivity contribution in [2.45, 2.75) is 6.54 Å². The molecule has 6 heteroatoms. The molecular weight excluding hydrogens is 243 g/mol. The van der Waals surface area contributed by atoms with Gasteiger partial charge in [-0.1, -0.05) is 0 Å². The van der Waals surface area contributed by atoms with Crippen molar-refractivity contribution in [3.8, 4) is 11.5 Å². The quantitative estimate of drug-likeness (QED) is 0.855. The number of alkyl halides is 1. The van der Waals surface area contributed by atoms with Gasteiger partial charge in [0.05, 0.1) is 31.8 Å². The van der Waals surface area contributed by atoms with Gasteiger partial charge in [0, 0.05) is 12.1 Å². The normalized spacial score (nSPS) is 10.8. The van der Waals surface area contributed by atoms with E-state index in [2.05, 4.69) is 4.98 Å². The fraction of sp³-hybridized carbons (Fsp3) is 0.364. The number of aromatic nitrogens is 2. The van der Waals surface area contributed by atoms with Gasteiger partial charge in [-0.05, 0) is 12.2 Å². The largest absolute Gasteiger partial charge is 0.493 e. The van der Waals surface area contributed by atoms with Crippen LogP contribution in [0.2, 0.25) is 0 Å². The molecule has 0 aliphatic rings. The number of fused-ring (bicyclic) bond motifs is 1.